The van der Waals surface area contributed by atoms with E-state index in [4.69, 9.17) is 4.74 Å². The lowest BCUT2D eigenvalue weighted by Crippen LogP contribution is -2.39. The van der Waals surface area contributed by atoms with Crippen LogP contribution in [-0.4, -0.2) is 49.2 Å². The van der Waals surface area contributed by atoms with Gasteiger partial charge in [-0.2, -0.15) is 0 Å². The number of sulfone groups is 1. The number of hydrogen-bond donors (Lipinski definition) is 1. The van der Waals surface area contributed by atoms with Gasteiger partial charge in [0.05, 0.1) is 16.4 Å². The second-order valence-corrected chi connectivity index (χ2v) is 11.0. The molecule has 0 saturated carbocycles. The Labute approximate surface area is 187 Å². The average Bonchev–Trinajstić information content (AvgIpc) is 3.46. The van der Waals surface area contributed by atoms with E-state index in [1.165, 1.54) is 17.7 Å². The molecular formula is C25H27N3O3S. The Morgan fingerprint density at radius 3 is 2.75 bits per heavy atom. The number of aromatic amines is 1. The van der Waals surface area contributed by atoms with Crippen LogP contribution in [0.3, 0.4) is 0 Å². The number of nitrogens with one attached hydrogen (secondary N) is 1. The number of aryl methyl sites for hydroxylation is 1. The fraction of sp³-hybridized carbons (Fsp3) is 0.360. The van der Waals surface area contributed by atoms with Gasteiger partial charge in [-0.05, 0) is 60.9 Å². The van der Waals surface area contributed by atoms with Gasteiger partial charge in [0.1, 0.15) is 0 Å². The molecule has 2 aliphatic rings. The van der Waals surface area contributed by atoms with Crippen LogP contribution in [0.4, 0.5) is 0 Å². The molecule has 7 heteroatoms. The van der Waals surface area contributed by atoms with Gasteiger partial charge < -0.3 is 14.3 Å². The molecule has 2 aromatic carbocycles. The Hall–Kier alpha value is -2.61. The smallest absolute Gasteiger partial charge is 0.206 e. The van der Waals surface area contributed by atoms with Crippen molar-refractivity contribution in [2.24, 2.45) is 7.05 Å². The van der Waals surface area contributed by atoms with E-state index >= 15 is 0 Å². The summed E-state index contributed by atoms with van der Waals surface area (Å²) < 4.78 is 34.7. The highest BCUT2D eigenvalue weighted by molar-refractivity contribution is 7.91. The molecule has 0 amide bonds. The van der Waals surface area contributed by atoms with E-state index in [1.807, 2.05) is 30.5 Å². The van der Waals surface area contributed by atoms with Crippen LogP contribution >= 0.6 is 0 Å². The van der Waals surface area contributed by atoms with Crippen LogP contribution in [0.1, 0.15) is 30.1 Å². The molecule has 2 unspecified atom stereocenters. The Bertz CT molecular complexity index is 1450. The highest BCUT2D eigenvalue weighted by Crippen LogP contribution is 2.47. The number of rotatable bonds is 5. The minimum Gasteiger partial charge on any atom is -0.383 e. The summed E-state index contributed by atoms with van der Waals surface area (Å²) in [7, 11) is 0.242. The summed E-state index contributed by atoms with van der Waals surface area (Å²) >= 11 is 0. The number of nitrogens with zero attached hydrogens (tertiary/aromatic N) is 2. The Morgan fingerprint density at radius 1 is 1.09 bits per heavy atom. The number of benzene rings is 2. The molecule has 2 bridgehead atoms. The van der Waals surface area contributed by atoms with E-state index in [2.05, 4.69) is 21.5 Å². The molecule has 0 radical (unpaired) electrons. The van der Waals surface area contributed by atoms with Gasteiger partial charge in [-0.25, -0.2) is 8.42 Å². The van der Waals surface area contributed by atoms with Gasteiger partial charge >= 0.3 is 0 Å². The van der Waals surface area contributed by atoms with Crippen molar-refractivity contribution >= 4 is 31.6 Å². The van der Waals surface area contributed by atoms with Crippen LogP contribution in [0.2, 0.25) is 0 Å². The van der Waals surface area contributed by atoms with Crippen LogP contribution in [0, 0.1) is 0 Å². The van der Waals surface area contributed by atoms with E-state index in [0.717, 1.165) is 41.2 Å². The van der Waals surface area contributed by atoms with Crippen LogP contribution in [0.5, 0.6) is 0 Å². The second kappa shape index (κ2) is 7.20. The van der Waals surface area contributed by atoms with Crippen molar-refractivity contribution in [3.05, 3.63) is 59.9 Å². The van der Waals surface area contributed by atoms with Crippen molar-refractivity contribution in [2.75, 3.05) is 20.3 Å². The molecule has 166 valence electrons. The van der Waals surface area contributed by atoms with Gasteiger partial charge in [-0.3, -0.25) is 4.90 Å². The monoisotopic (exact) mass is 449 g/mol. The van der Waals surface area contributed by atoms with E-state index in [9.17, 15) is 8.42 Å². The first kappa shape index (κ1) is 20.0. The van der Waals surface area contributed by atoms with Crippen LogP contribution in [-0.2, 0) is 28.0 Å². The third-order valence-corrected chi connectivity index (χ3v) is 9.19. The lowest BCUT2D eigenvalue weighted by molar-refractivity contribution is 0.109. The van der Waals surface area contributed by atoms with Crippen LogP contribution in [0.25, 0.3) is 21.8 Å². The Kier molecular flexibility index (Phi) is 4.51. The van der Waals surface area contributed by atoms with Gasteiger partial charge in [0.2, 0.25) is 9.84 Å². The SMILES string of the molecule is COCCN1C2CCC1c1c(n(C)c3ccc(S(=O)(=O)c4ccc5[nH]ccc5c4)cc13)C2. The Balaban J connectivity index is 1.48. The van der Waals surface area contributed by atoms with E-state index < -0.39 is 9.84 Å². The molecule has 4 heterocycles. The van der Waals surface area contributed by atoms with Crippen molar-refractivity contribution in [3.63, 3.8) is 0 Å². The van der Waals surface area contributed by atoms with Gasteiger partial charge in [0.15, 0.2) is 0 Å². The summed E-state index contributed by atoms with van der Waals surface area (Å²) in [5.41, 5.74) is 4.70. The molecule has 32 heavy (non-hydrogen) atoms. The number of H-pyrrole nitrogens is 1. The van der Waals surface area contributed by atoms with Crippen LogP contribution in [0.15, 0.2) is 58.5 Å². The van der Waals surface area contributed by atoms with Crippen molar-refractivity contribution in [3.8, 4) is 0 Å². The van der Waals surface area contributed by atoms with Gasteiger partial charge in [0.25, 0.3) is 0 Å². The molecule has 2 aromatic heterocycles. The van der Waals surface area contributed by atoms with Gasteiger partial charge in [0, 0.05) is 72.9 Å². The number of hydrogen-bond acceptors (Lipinski definition) is 4. The van der Waals surface area contributed by atoms with E-state index in [-0.39, 0.29) is 0 Å². The van der Waals surface area contributed by atoms with E-state index in [0.29, 0.717) is 28.5 Å². The molecule has 6 rings (SSSR count). The predicted molar refractivity (Wildman–Crippen MR) is 125 cm³/mol. The van der Waals surface area contributed by atoms with Crippen molar-refractivity contribution in [1.82, 2.24) is 14.5 Å². The summed E-state index contributed by atoms with van der Waals surface area (Å²) in [6.07, 6.45) is 5.13. The molecule has 0 spiro atoms. The quantitative estimate of drug-likeness (QED) is 0.496. The minimum absolute atomic E-state index is 0.330. The first-order valence-electron chi connectivity index (χ1n) is 11.2. The fourth-order valence-electron chi connectivity index (χ4n) is 5.85. The standard InChI is InChI=1S/C25H27N3O3S/c1-27-22-8-5-19(32(29,30)18-4-6-21-16(13-18)9-10-26-21)15-20(22)25-23-7-3-17(14-24(25)27)28(23)11-12-31-2/h4-6,8-10,13,15,17,23,26H,3,7,11-12,14H2,1-2H3. The Morgan fingerprint density at radius 2 is 1.91 bits per heavy atom. The molecule has 1 saturated heterocycles. The number of fused-ring (bicyclic) bond motifs is 7. The number of ether oxygens (including phenoxy) is 1. The zero-order valence-electron chi connectivity index (χ0n) is 18.3. The summed E-state index contributed by atoms with van der Waals surface area (Å²) in [4.78, 5) is 6.37. The van der Waals surface area contributed by atoms with Crippen LogP contribution < -0.4 is 0 Å². The number of methoxy groups -OCH3 is 1. The number of aromatic nitrogens is 2. The van der Waals surface area contributed by atoms with Crippen molar-refractivity contribution in [2.45, 2.75) is 41.1 Å². The summed E-state index contributed by atoms with van der Waals surface area (Å²) in [6, 6.07) is 13.7. The summed E-state index contributed by atoms with van der Waals surface area (Å²) in [6.45, 7) is 1.63. The molecule has 2 atom stereocenters. The molecule has 4 aromatic rings. The lowest BCUT2D eigenvalue weighted by Gasteiger charge is -2.35. The third kappa shape index (κ3) is 2.81. The lowest BCUT2D eigenvalue weighted by atomic mass is 9.97. The molecule has 1 N–H and O–H groups in total. The first-order chi connectivity index (χ1) is 15.5. The maximum Gasteiger partial charge on any atom is 0.206 e. The first-order valence-corrected chi connectivity index (χ1v) is 12.7. The summed E-state index contributed by atoms with van der Waals surface area (Å²) in [5.74, 6) is 0. The second-order valence-electron chi connectivity index (χ2n) is 9.01. The largest absolute Gasteiger partial charge is 0.383 e. The molecule has 0 aliphatic carbocycles. The fourth-order valence-corrected chi connectivity index (χ4v) is 7.17. The zero-order chi connectivity index (χ0) is 22.0. The maximum atomic E-state index is 13.5. The average molecular weight is 450 g/mol. The zero-order valence-corrected chi connectivity index (χ0v) is 19.2. The predicted octanol–water partition coefficient (Wildman–Crippen LogP) is 4.20. The van der Waals surface area contributed by atoms with Crippen molar-refractivity contribution in [1.29, 1.82) is 0 Å². The maximum absolute atomic E-state index is 13.5. The normalized spacial score (nSPS) is 20.9. The highest BCUT2D eigenvalue weighted by Gasteiger charge is 2.42. The topological polar surface area (TPSA) is 67.3 Å². The minimum atomic E-state index is -3.62. The summed E-state index contributed by atoms with van der Waals surface area (Å²) in [5, 5.41) is 1.97. The van der Waals surface area contributed by atoms with Gasteiger partial charge in [-0.15, -0.1) is 0 Å². The molecule has 6 nitrogen and oxygen atoms in total. The molecule has 2 aliphatic heterocycles. The van der Waals surface area contributed by atoms with E-state index in [1.54, 1.807) is 25.3 Å². The molecular weight excluding hydrogens is 422 g/mol. The molecule has 1 fully saturated rings. The van der Waals surface area contributed by atoms with Crippen molar-refractivity contribution < 1.29 is 13.2 Å². The highest BCUT2D eigenvalue weighted by atomic mass is 32.2. The van der Waals surface area contributed by atoms with Gasteiger partial charge in [-0.1, -0.05) is 0 Å². The third-order valence-electron chi connectivity index (χ3n) is 7.44.